The van der Waals surface area contributed by atoms with Crippen molar-refractivity contribution in [2.24, 2.45) is 0 Å². The number of rotatable bonds is 6. The molecule has 0 aromatic heterocycles. The predicted molar refractivity (Wildman–Crippen MR) is 100 cm³/mol. The zero-order chi connectivity index (χ0) is 19.6. The van der Waals surface area contributed by atoms with Gasteiger partial charge in [0.1, 0.15) is 11.5 Å². The average Bonchev–Trinajstić information content (AvgIpc) is 2.89. The highest BCUT2D eigenvalue weighted by molar-refractivity contribution is 6.35. The lowest BCUT2D eigenvalue weighted by atomic mass is 10.0. The Morgan fingerprint density at radius 1 is 1.07 bits per heavy atom. The van der Waals surface area contributed by atoms with Gasteiger partial charge in [0, 0.05) is 18.6 Å². The minimum Gasteiger partial charge on any atom is -0.395 e. The quantitative estimate of drug-likeness (QED) is 0.773. The Bertz CT molecular complexity index is 912. The zero-order valence-corrected chi connectivity index (χ0v) is 15.4. The number of hydrogen-bond donors (Lipinski definition) is 1. The summed E-state index contributed by atoms with van der Waals surface area (Å²) in [5.41, 5.74) is 1.44. The molecule has 1 N–H and O–H groups in total. The number of nitrogens with zero attached hydrogens (tertiary/aromatic N) is 2. The Balaban J connectivity index is 2.03. The van der Waals surface area contributed by atoms with Gasteiger partial charge in [-0.15, -0.1) is 0 Å². The molecule has 0 bridgehead atoms. The van der Waals surface area contributed by atoms with Gasteiger partial charge in [-0.05, 0) is 29.3 Å². The van der Waals surface area contributed by atoms with E-state index in [-0.39, 0.29) is 31.0 Å². The topological polar surface area (TPSA) is 60.9 Å². The van der Waals surface area contributed by atoms with Crippen molar-refractivity contribution in [3.63, 3.8) is 0 Å². The molecule has 0 spiro atoms. The molecular weight excluding hydrogens is 371 g/mol. The molecule has 27 heavy (non-hydrogen) atoms. The van der Waals surface area contributed by atoms with Crippen molar-refractivity contribution in [2.75, 3.05) is 20.2 Å². The number of aliphatic hydroxyl groups excluding tert-OH is 1. The molecule has 0 saturated heterocycles. The summed E-state index contributed by atoms with van der Waals surface area (Å²) in [6.07, 6.45) is 0. The number of aliphatic hydroxyl groups is 1. The Kier molecular flexibility index (Phi) is 5.58. The van der Waals surface area contributed by atoms with Gasteiger partial charge in [-0.2, -0.15) is 0 Å². The number of imide groups is 1. The Morgan fingerprint density at radius 3 is 2.37 bits per heavy atom. The van der Waals surface area contributed by atoms with Gasteiger partial charge < -0.3 is 10.0 Å². The van der Waals surface area contributed by atoms with Crippen molar-refractivity contribution < 1.29 is 19.1 Å². The van der Waals surface area contributed by atoms with Crippen LogP contribution in [0.4, 0.5) is 4.39 Å². The molecule has 0 saturated carbocycles. The van der Waals surface area contributed by atoms with E-state index in [1.807, 2.05) is 0 Å². The lowest BCUT2D eigenvalue weighted by molar-refractivity contribution is -0.138. The Hall–Kier alpha value is -2.70. The van der Waals surface area contributed by atoms with E-state index in [1.165, 1.54) is 29.2 Å². The van der Waals surface area contributed by atoms with Crippen LogP contribution in [0.3, 0.4) is 0 Å². The second kappa shape index (κ2) is 7.90. The summed E-state index contributed by atoms with van der Waals surface area (Å²) in [5.74, 6) is -1.39. The first-order valence-electron chi connectivity index (χ1n) is 8.36. The standard InChI is InChI=1S/C20H18ClFN2O3/c1-23(10-11-25)18-17(13-6-8-15(22)9-7-13)19(26)24(20(18)27)12-14-4-2-3-5-16(14)21/h2-9,25H,10-12H2,1H3. The van der Waals surface area contributed by atoms with Crippen molar-refractivity contribution in [3.05, 3.63) is 76.2 Å². The minimum absolute atomic E-state index is 0.0263. The average molecular weight is 389 g/mol. The van der Waals surface area contributed by atoms with Gasteiger partial charge >= 0.3 is 0 Å². The van der Waals surface area contributed by atoms with Crippen molar-refractivity contribution in [3.8, 4) is 0 Å². The van der Waals surface area contributed by atoms with Gasteiger partial charge in [-0.25, -0.2) is 4.39 Å². The van der Waals surface area contributed by atoms with E-state index in [0.717, 1.165) is 4.90 Å². The minimum atomic E-state index is -0.480. The summed E-state index contributed by atoms with van der Waals surface area (Å²) < 4.78 is 13.3. The third-order valence-electron chi connectivity index (χ3n) is 4.38. The third-order valence-corrected chi connectivity index (χ3v) is 4.75. The predicted octanol–water partition coefficient (Wildman–Crippen LogP) is 2.68. The molecule has 5 nitrogen and oxygen atoms in total. The summed E-state index contributed by atoms with van der Waals surface area (Å²) in [7, 11) is 1.62. The first-order valence-corrected chi connectivity index (χ1v) is 8.73. The van der Waals surface area contributed by atoms with Gasteiger partial charge in [-0.1, -0.05) is 41.9 Å². The van der Waals surface area contributed by atoms with Crippen LogP contribution in [0.25, 0.3) is 5.57 Å². The van der Waals surface area contributed by atoms with E-state index >= 15 is 0 Å². The fourth-order valence-electron chi connectivity index (χ4n) is 3.00. The number of carbonyl (C=O) groups is 2. The van der Waals surface area contributed by atoms with E-state index in [4.69, 9.17) is 11.6 Å². The van der Waals surface area contributed by atoms with Crippen molar-refractivity contribution >= 4 is 29.0 Å². The van der Waals surface area contributed by atoms with E-state index in [1.54, 1.807) is 31.3 Å². The summed E-state index contributed by atoms with van der Waals surface area (Å²) >= 11 is 6.17. The van der Waals surface area contributed by atoms with Crippen LogP contribution in [0.15, 0.2) is 54.2 Å². The van der Waals surface area contributed by atoms with E-state index < -0.39 is 17.6 Å². The van der Waals surface area contributed by atoms with Crippen LogP contribution >= 0.6 is 11.6 Å². The molecule has 0 radical (unpaired) electrons. The fraction of sp³-hybridized carbons (Fsp3) is 0.200. The third kappa shape index (κ3) is 3.72. The van der Waals surface area contributed by atoms with Crippen LogP contribution in [0.5, 0.6) is 0 Å². The highest BCUT2D eigenvalue weighted by atomic mass is 35.5. The summed E-state index contributed by atoms with van der Waals surface area (Å²) in [6, 6.07) is 12.4. The molecule has 140 valence electrons. The number of likely N-dealkylation sites (N-methyl/N-ethyl adjacent to an activating group) is 1. The molecule has 1 aliphatic heterocycles. The summed E-state index contributed by atoms with van der Waals surface area (Å²) in [6.45, 7) is 0.0279. The maximum absolute atomic E-state index is 13.3. The van der Waals surface area contributed by atoms with Crippen molar-refractivity contribution in [1.29, 1.82) is 0 Å². The van der Waals surface area contributed by atoms with Crippen LogP contribution in [0, 0.1) is 5.82 Å². The van der Waals surface area contributed by atoms with E-state index in [0.29, 0.717) is 16.1 Å². The van der Waals surface area contributed by atoms with Crippen molar-refractivity contribution in [2.45, 2.75) is 6.54 Å². The van der Waals surface area contributed by atoms with Crippen LogP contribution in [-0.2, 0) is 16.1 Å². The molecule has 0 atom stereocenters. The zero-order valence-electron chi connectivity index (χ0n) is 14.7. The Morgan fingerprint density at radius 2 is 1.74 bits per heavy atom. The summed E-state index contributed by atoms with van der Waals surface area (Å²) in [4.78, 5) is 28.7. The number of carbonyl (C=O) groups excluding carboxylic acids is 2. The monoisotopic (exact) mass is 388 g/mol. The van der Waals surface area contributed by atoms with Gasteiger partial charge in [0.25, 0.3) is 11.8 Å². The second-order valence-electron chi connectivity index (χ2n) is 6.16. The maximum Gasteiger partial charge on any atom is 0.278 e. The lowest BCUT2D eigenvalue weighted by Gasteiger charge is -2.20. The van der Waals surface area contributed by atoms with Gasteiger partial charge in [-0.3, -0.25) is 14.5 Å². The fourth-order valence-corrected chi connectivity index (χ4v) is 3.19. The highest BCUT2D eigenvalue weighted by Gasteiger charge is 2.40. The van der Waals surface area contributed by atoms with E-state index in [2.05, 4.69) is 0 Å². The van der Waals surface area contributed by atoms with E-state index in [9.17, 15) is 19.1 Å². The molecule has 0 aliphatic carbocycles. The molecule has 0 unspecified atom stereocenters. The smallest absolute Gasteiger partial charge is 0.278 e. The number of benzene rings is 2. The van der Waals surface area contributed by atoms with Gasteiger partial charge in [0.2, 0.25) is 0 Å². The normalized spacial score (nSPS) is 14.3. The molecule has 2 aromatic rings. The number of halogens is 2. The molecule has 2 amide bonds. The summed E-state index contributed by atoms with van der Waals surface area (Å²) in [5, 5.41) is 9.70. The molecule has 2 aromatic carbocycles. The van der Waals surface area contributed by atoms with Gasteiger partial charge in [0.15, 0.2) is 0 Å². The lowest BCUT2D eigenvalue weighted by Crippen LogP contribution is -2.34. The van der Waals surface area contributed by atoms with Crippen molar-refractivity contribution in [1.82, 2.24) is 9.80 Å². The molecule has 7 heteroatoms. The molecular formula is C20H18ClFN2O3. The maximum atomic E-state index is 13.3. The SMILES string of the molecule is CN(CCO)C1=C(c2ccc(F)cc2)C(=O)N(Cc2ccccc2Cl)C1=O. The molecule has 1 aliphatic rings. The van der Waals surface area contributed by atoms with Gasteiger partial charge in [0.05, 0.1) is 18.7 Å². The van der Waals surface area contributed by atoms with Crippen LogP contribution in [0.1, 0.15) is 11.1 Å². The van der Waals surface area contributed by atoms with Crippen LogP contribution in [0.2, 0.25) is 5.02 Å². The first-order chi connectivity index (χ1) is 12.9. The van der Waals surface area contributed by atoms with Crippen LogP contribution < -0.4 is 0 Å². The second-order valence-corrected chi connectivity index (χ2v) is 6.57. The number of amides is 2. The first kappa shape index (κ1) is 19.1. The molecule has 3 rings (SSSR count). The highest BCUT2D eigenvalue weighted by Crippen LogP contribution is 2.32. The van der Waals surface area contributed by atoms with Crippen LogP contribution in [-0.4, -0.2) is 46.9 Å². The largest absolute Gasteiger partial charge is 0.395 e. The Labute approximate surface area is 161 Å². The molecule has 0 fully saturated rings. The molecule has 1 heterocycles. The number of hydrogen-bond acceptors (Lipinski definition) is 4.